The Bertz CT molecular complexity index is 981. The lowest BCUT2D eigenvalue weighted by Crippen LogP contribution is -2.42. The number of nitrogens with zero attached hydrogens (tertiary/aromatic N) is 1. The maximum atomic E-state index is 12.7. The van der Waals surface area contributed by atoms with Gasteiger partial charge in [0.1, 0.15) is 5.75 Å². The third kappa shape index (κ3) is 5.49. The molecule has 0 radical (unpaired) electrons. The van der Waals surface area contributed by atoms with Crippen LogP contribution in [0.25, 0.3) is 6.08 Å². The Kier molecular flexibility index (Phi) is 7.29. The molecule has 1 N–H and O–H groups in total. The van der Waals surface area contributed by atoms with Crippen LogP contribution in [0, 0.1) is 5.92 Å². The van der Waals surface area contributed by atoms with E-state index in [9.17, 15) is 13.2 Å². The maximum absolute atomic E-state index is 12.7. The van der Waals surface area contributed by atoms with Crippen LogP contribution in [0.3, 0.4) is 0 Å². The molecule has 1 heterocycles. The topological polar surface area (TPSA) is 75.7 Å². The average Bonchev–Trinajstić information content (AvgIpc) is 2.78. The van der Waals surface area contributed by atoms with Gasteiger partial charge < -0.3 is 10.1 Å². The van der Waals surface area contributed by atoms with Crippen LogP contribution in [0.4, 0.5) is 0 Å². The molecule has 1 fully saturated rings. The molecule has 6 nitrogen and oxygen atoms in total. The average molecular weight is 429 g/mol. The molecule has 1 unspecified atom stereocenters. The number of amides is 1. The van der Waals surface area contributed by atoms with Gasteiger partial charge in [-0.1, -0.05) is 48.5 Å². The molecule has 0 spiro atoms. The first-order valence-corrected chi connectivity index (χ1v) is 11.6. The third-order valence-corrected chi connectivity index (χ3v) is 6.95. The first-order chi connectivity index (χ1) is 14.4. The summed E-state index contributed by atoms with van der Waals surface area (Å²) in [5, 5.41) is 4.28. The van der Waals surface area contributed by atoms with Crippen molar-refractivity contribution in [2.45, 2.75) is 25.8 Å². The Labute approximate surface area is 178 Å². The second kappa shape index (κ2) is 9.91. The van der Waals surface area contributed by atoms with Gasteiger partial charge in [0.05, 0.1) is 13.2 Å². The molecule has 0 aromatic heterocycles. The minimum atomic E-state index is -3.50. The molecule has 1 amide bonds. The molecule has 0 aliphatic carbocycles. The summed E-state index contributed by atoms with van der Waals surface area (Å²) in [6.07, 6.45) is 2.61. The Hall–Kier alpha value is -2.64. The van der Waals surface area contributed by atoms with Crippen molar-refractivity contribution in [2.75, 3.05) is 20.2 Å². The Morgan fingerprint density at radius 2 is 1.73 bits per heavy atom. The molecule has 160 valence electrons. The highest BCUT2D eigenvalue weighted by atomic mass is 32.2. The van der Waals surface area contributed by atoms with Gasteiger partial charge in [0, 0.05) is 30.0 Å². The van der Waals surface area contributed by atoms with Gasteiger partial charge in [-0.15, -0.1) is 0 Å². The van der Waals surface area contributed by atoms with Crippen LogP contribution >= 0.6 is 0 Å². The number of carbonyl (C=O) groups excluding carboxylic acids is 1. The quantitative estimate of drug-likeness (QED) is 0.731. The van der Waals surface area contributed by atoms with E-state index in [2.05, 4.69) is 5.32 Å². The number of sulfonamides is 1. The van der Waals surface area contributed by atoms with Gasteiger partial charge in [-0.05, 0) is 37.5 Å². The van der Waals surface area contributed by atoms with E-state index >= 15 is 0 Å². The fourth-order valence-corrected chi connectivity index (χ4v) is 4.84. The molecule has 7 heteroatoms. The van der Waals surface area contributed by atoms with Crippen molar-refractivity contribution in [3.8, 4) is 5.75 Å². The number of para-hydroxylation sites is 1. The lowest BCUT2D eigenvalue weighted by Gasteiger charge is -2.30. The number of rotatable bonds is 7. The Balaban J connectivity index is 1.55. The fraction of sp³-hybridized carbons (Fsp3) is 0.348. The van der Waals surface area contributed by atoms with Gasteiger partial charge in [-0.2, -0.15) is 4.31 Å². The molecule has 1 aliphatic rings. The Morgan fingerprint density at radius 1 is 1.10 bits per heavy atom. The number of carbonyl (C=O) groups is 1. The predicted octanol–water partition coefficient (Wildman–Crippen LogP) is 3.59. The van der Waals surface area contributed by atoms with Crippen LogP contribution in [0.5, 0.6) is 5.75 Å². The smallest absolute Gasteiger partial charge is 0.236 e. The first kappa shape index (κ1) is 22.1. The molecule has 1 saturated heterocycles. The van der Waals surface area contributed by atoms with E-state index in [1.54, 1.807) is 13.2 Å². The molecule has 1 atom stereocenters. The summed E-state index contributed by atoms with van der Waals surface area (Å²) in [5.74, 6) is 0.480. The lowest BCUT2D eigenvalue weighted by atomic mass is 9.96. The summed E-state index contributed by atoms with van der Waals surface area (Å²) in [5.41, 5.74) is 1.75. The molecule has 0 saturated carbocycles. The van der Waals surface area contributed by atoms with E-state index in [-0.39, 0.29) is 17.9 Å². The van der Waals surface area contributed by atoms with Crippen LogP contribution in [0.15, 0.2) is 60.0 Å². The number of hydrogen-bond acceptors (Lipinski definition) is 4. The van der Waals surface area contributed by atoms with E-state index in [1.807, 2.05) is 61.5 Å². The summed E-state index contributed by atoms with van der Waals surface area (Å²) in [7, 11) is -1.89. The molecular weight excluding hydrogens is 400 g/mol. The van der Waals surface area contributed by atoms with Gasteiger partial charge in [-0.25, -0.2) is 8.42 Å². The number of piperidine rings is 1. The number of methoxy groups -OCH3 is 1. The fourth-order valence-electron chi connectivity index (χ4n) is 3.62. The van der Waals surface area contributed by atoms with Crippen molar-refractivity contribution in [1.82, 2.24) is 9.62 Å². The van der Waals surface area contributed by atoms with Crippen molar-refractivity contribution in [2.24, 2.45) is 5.92 Å². The largest absolute Gasteiger partial charge is 0.496 e. The number of ether oxygens (including phenoxy) is 1. The van der Waals surface area contributed by atoms with Gasteiger partial charge >= 0.3 is 0 Å². The zero-order valence-corrected chi connectivity index (χ0v) is 18.1. The van der Waals surface area contributed by atoms with E-state index in [0.717, 1.165) is 16.9 Å². The zero-order valence-electron chi connectivity index (χ0n) is 17.3. The second-order valence-corrected chi connectivity index (χ2v) is 9.22. The minimum absolute atomic E-state index is 0.0507. The summed E-state index contributed by atoms with van der Waals surface area (Å²) in [6, 6.07) is 16.7. The predicted molar refractivity (Wildman–Crippen MR) is 118 cm³/mol. The number of hydrogen-bond donors (Lipinski definition) is 1. The molecule has 0 bridgehead atoms. The summed E-state index contributed by atoms with van der Waals surface area (Å²) in [6.45, 7) is 2.59. The van der Waals surface area contributed by atoms with Gasteiger partial charge in [-0.3, -0.25) is 4.79 Å². The van der Waals surface area contributed by atoms with E-state index in [0.29, 0.717) is 25.9 Å². The van der Waals surface area contributed by atoms with Crippen molar-refractivity contribution < 1.29 is 17.9 Å². The number of benzene rings is 2. The number of nitrogens with one attached hydrogen (secondary N) is 1. The highest BCUT2D eigenvalue weighted by molar-refractivity contribution is 7.92. The Morgan fingerprint density at radius 3 is 2.40 bits per heavy atom. The van der Waals surface area contributed by atoms with Crippen molar-refractivity contribution >= 4 is 22.0 Å². The van der Waals surface area contributed by atoms with Crippen molar-refractivity contribution in [1.29, 1.82) is 0 Å². The summed E-state index contributed by atoms with van der Waals surface area (Å²) < 4.78 is 32.0. The molecule has 3 rings (SSSR count). The molecule has 2 aromatic carbocycles. The summed E-state index contributed by atoms with van der Waals surface area (Å²) >= 11 is 0. The van der Waals surface area contributed by atoms with Crippen molar-refractivity contribution in [3.63, 3.8) is 0 Å². The standard InChI is InChI=1S/C23H28N2O4S/c1-18(21-10-6-7-11-22(21)29-2)24-23(26)20-12-15-25(16-13-20)30(27,28)17-14-19-8-4-3-5-9-19/h3-11,14,17-18,20H,12-13,15-16H2,1-2H3,(H,24,26). The van der Waals surface area contributed by atoms with Crippen LogP contribution in [0.2, 0.25) is 0 Å². The lowest BCUT2D eigenvalue weighted by molar-refractivity contribution is -0.126. The van der Waals surface area contributed by atoms with Crippen molar-refractivity contribution in [3.05, 3.63) is 71.1 Å². The van der Waals surface area contributed by atoms with E-state index in [1.165, 1.54) is 9.71 Å². The molecule has 2 aromatic rings. The van der Waals surface area contributed by atoms with Gasteiger partial charge in [0.2, 0.25) is 15.9 Å². The normalized spacial score (nSPS) is 17.0. The third-order valence-electron chi connectivity index (χ3n) is 5.38. The van der Waals surface area contributed by atoms with Crippen LogP contribution < -0.4 is 10.1 Å². The molecular formula is C23H28N2O4S. The second-order valence-electron chi connectivity index (χ2n) is 7.40. The summed E-state index contributed by atoms with van der Waals surface area (Å²) in [4.78, 5) is 12.7. The van der Waals surface area contributed by atoms with Gasteiger partial charge in [0.15, 0.2) is 0 Å². The minimum Gasteiger partial charge on any atom is -0.496 e. The first-order valence-electron chi connectivity index (χ1n) is 10.1. The monoisotopic (exact) mass is 428 g/mol. The zero-order chi connectivity index (χ0) is 21.6. The van der Waals surface area contributed by atoms with Crippen LogP contribution in [-0.2, 0) is 14.8 Å². The van der Waals surface area contributed by atoms with Crippen LogP contribution in [0.1, 0.15) is 36.9 Å². The van der Waals surface area contributed by atoms with Gasteiger partial charge in [0.25, 0.3) is 0 Å². The maximum Gasteiger partial charge on any atom is 0.236 e. The van der Waals surface area contributed by atoms with Crippen LogP contribution in [-0.4, -0.2) is 38.8 Å². The van der Waals surface area contributed by atoms with E-state index in [4.69, 9.17) is 4.74 Å². The molecule has 1 aliphatic heterocycles. The molecule has 30 heavy (non-hydrogen) atoms. The highest BCUT2D eigenvalue weighted by Crippen LogP contribution is 2.26. The highest BCUT2D eigenvalue weighted by Gasteiger charge is 2.30. The SMILES string of the molecule is COc1ccccc1C(C)NC(=O)C1CCN(S(=O)(=O)C=Cc2ccccc2)CC1. The van der Waals surface area contributed by atoms with E-state index < -0.39 is 10.0 Å².